The van der Waals surface area contributed by atoms with Crippen LogP contribution in [0.5, 0.6) is 0 Å². The fourth-order valence-electron chi connectivity index (χ4n) is 2.18. The predicted octanol–water partition coefficient (Wildman–Crippen LogP) is 2.76. The second kappa shape index (κ2) is 4.97. The molecule has 0 aliphatic carbocycles. The molecule has 0 saturated carbocycles. The number of anilines is 2. The van der Waals surface area contributed by atoms with Crippen LogP contribution < -0.4 is 10.6 Å². The first-order valence-electron chi connectivity index (χ1n) is 6.27. The largest absolute Gasteiger partial charge is 0.391 e. The van der Waals surface area contributed by atoms with Crippen molar-refractivity contribution in [3.8, 4) is 10.8 Å². The normalized spacial score (nSPS) is 16.8. The van der Waals surface area contributed by atoms with Crippen LogP contribution in [0.1, 0.15) is 25.7 Å². The van der Waals surface area contributed by atoms with E-state index in [0.717, 1.165) is 23.0 Å². The molecule has 96 valence electrons. The van der Waals surface area contributed by atoms with E-state index < -0.39 is 0 Å². The molecule has 2 aromatic heterocycles. The van der Waals surface area contributed by atoms with Crippen molar-refractivity contribution in [2.75, 3.05) is 23.7 Å². The van der Waals surface area contributed by atoms with Crippen LogP contribution in [-0.2, 0) is 0 Å². The Hall–Kier alpha value is -1.56. The van der Waals surface area contributed by atoms with Crippen molar-refractivity contribution >= 4 is 22.3 Å². The maximum atomic E-state index is 5.70. The van der Waals surface area contributed by atoms with Crippen molar-refractivity contribution in [1.29, 1.82) is 0 Å². The minimum absolute atomic E-state index is 0.566. The van der Waals surface area contributed by atoms with Crippen LogP contribution in [0, 0.1) is 0 Å². The van der Waals surface area contributed by atoms with Gasteiger partial charge in [-0.2, -0.15) is 4.98 Å². The molecule has 0 amide bonds. The van der Waals surface area contributed by atoms with Gasteiger partial charge < -0.3 is 15.2 Å². The van der Waals surface area contributed by atoms with Gasteiger partial charge in [0.1, 0.15) is 0 Å². The predicted molar refractivity (Wildman–Crippen MR) is 72.7 cm³/mol. The van der Waals surface area contributed by atoms with Gasteiger partial charge in [0.2, 0.25) is 0 Å². The SMILES string of the molecule is Nc1ccc(-c2nc(N3CCCCCC3)no2)s1. The van der Waals surface area contributed by atoms with Gasteiger partial charge in [-0.1, -0.05) is 12.8 Å². The summed E-state index contributed by atoms with van der Waals surface area (Å²) in [4.78, 5) is 7.60. The number of rotatable bonds is 2. The molecular weight excluding hydrogens is 248 g/mol. The summed E-state index contributed by atoms with van der Waals surface area (Å²) < 4.78 is 5.31. The van der Waals surface area contributed by atoms with E-state index in [4.69, 9.17) is 10.3 Å². The standard InChI is InChI=1S/C12H16N4OS/c13-10-6-5-9(18-10)11-14-12(15-17-11)16-7-3-1-2-4-8-16/h5-6H,1-4,7-8,13H2. The van der Waals surface area contributed by atoms with Crippen molar-refractivity contribution in [3.63, 3.8) is 0 Å². The summed E-state index contributed by atoms with van der Waals surface area (Å²) in [6.07, 6.45) is 5.00. The maximum absolute atomic E-state index is 5.70. The molecule has 18 heavy (non-hydrogen) atoms. The van der Waals surface area contributed by atoms with Crippen LogP contribution in [-0.4, -0.2) is 23.2 Å². The van der Waals surface area contributed by atoms with E-state index in [1.807, 2.05) is 12.1 Å². The monoisotopic (exact) mass is 264 g/mol. The molecule has 5 nitrogen and oxygen atoms in total. The third kappa shape index (κ3) is 2.33. The number of nitrogens with two attached hydrogens (primary N) is 1. The van der Waals surface area contributed by atoms with E-state index in [2.05, 4.69) is 15.0 Å². The van der Waals surface area contributed by atoms with Crippen LogP contribution in [0.15, 0.2) is 16.7 Å². The van der Waals surface area contributed by atoms with Crippen molar-refractivity contribution in [1.82, 2.24) is 10.1 Å². The number of aromatic nitrogens is 2. The number of hydrogen-bond acceptors (Lipinski definition) is 6. The first kappa shape index (κ1) is 11.5. The molecule has 3 rings (SSSR count). The summed E-state index contributed by atoms with van der Waals surface area (Å²) in [6.45, 7) is 2.04. The van der Waals surface area contributed by atoms with Gasteiger partial charge in [-0.15, -0.1) is 11.3 Å². The highest BCUT2D eigenvalue weighted by Gasteiger charge is 2.17. The molecule has 1 aliphatic rings. The summed E-state index contributed by atoms with van der Waals surface area (Å²) in [5, 5.41) is 4.84. The molecule has 3 heterocycles. The molecule has 0 spiro atoms. The lowest BCUT2D eigenvalue weighted by Crippen LogP contribution is -2.24. The third-order valence-corrected chi connectivity index (χ3v) is 4.04. The van der Waals surface area contributed by atoms with Crippen molar-refractivity contribution in [2.45, 2.75) is 25.7 Å². The highest BCUT2D eigenvalue weighted by molar-refractivity contribution is 7.19. The lowest BCUT2D eigenvalue weighted by Gasteiger charge is -2.16. The minimum Gasteiger partial charge on any atom is -0.391 e. The lowest BCUT2D eigenvalue weighted by atomic mass is 10.2. The molecular formula is C12H16N4OS. The van der Waals surface area contributed by atoms with Gasteiger partial charge in [-0.25, -0.2) is 0 Å². The quantitative estimate of drug-likeness (QED) is 0.903. The highest BCUT2D eigenvalue weighted by atomic mass is 32.1. The van der Waals surface area contributed by atoms with E-state index in [1.54, 1.807) is 0 Å². The molecule has 2 aromatic rings. The molecule has 0 bridgehead atoms. The van der Waals surface area contributed by atoms with Gasteiger partial charge in [-0.3, -0.25) is 0 Å². The highest BCUT2D eigenvalue weighted by Crippen LogP contribution is 2.29. The van der Waals surface area contributed by atoms with Crippen molar-refractivity contribution < 1.29 is 4.52 Å². The molecule has 6 heteroatoms. The Morgan fingerprint density at radius 1 is 1.17 bits per heavy atom. The summed E-state index contributed by atoms with van der Waals surface area (Å²) in [5.74, 6) is 1.27. The van der Waals surface area contributed by atoms with Gasteiger partial charge in [0.25, 0.3) is 11.8 Å². The first-order valence-corrected chi connectivity index (χ1v) is 7.09. The second-order valence-electron chi connectivity index (χ2n) is 4.50. The van der Waals surface area contributed by atoms with Crippen molar-refractivity contribution in [3.05, 3.63) is 12.1 Å². The van der Waals surface area contributed by atoms with Crippen LogP contribution in [0.25, 0.3) is 10.8 Å². The van der Waals surface area contributed by atoms with Gasteiger partial charge in [0.05, 0.1) is 9.88 Å². The van der Waals surface area contributed by atoms with Crippen LogP contribution in [0.3, 0.4) is 0 Å². The molecule has 2 N–H and O–H groups in total. The zero-order valence-corrected chi connectivity index (χ0v) is 10.9. The first-order chi connectivity index (χ1) is 8.83. The average molecular weight is 264 g/mol. The van der Waals surface area contributed by atoms with Crippen molar-refractivity contribution in [2.24, 2.45) is 0 Å². The fourth-order valence-corrected chi connectivity index (χ4v) is 2.88. The molecule has 0 aromatic carbocycles. The Kier molecular flexibility index (Phi) is 3.19. The molecule has 1 aliphatic heterocycles. The minimum atomic E-state index is 0.566. The maximum Gasteiger partial charge on any atom is 0.269 e. The van der Waals surface area contributed by atoms with Gasteiger partial charge in [0.15, 0.2) is 0 Å². The molecule has 0 atom stereocenters. The number of thiophene rings is 1. The fraction of sp³-hybridized carbons (Fsp3) is 0.500. The van der Waals surface area contributed by atoms with Crippen LogP contribution in [0.2, 0.25) is 0 Å². The molecule has 1 saturated heterocycles. The summed E-state index contributed by atoms with van der Waals surface area (Å²) in [6, 6.07) is 3.77. The van der Waals surface area contributed by atoms with E-state index >= 15 is 0 Å². The summed E-state index contributed by atoms with van der Waals surface area (Å²) >= 11 is 1.47. The van der Waals surface area contributed by atoms with E-state index in [1.165, 1.54) is 37.0 Å². The molecule has 0 unspecified atom stereocenters. The zero-order valence-electron chi connectivity index (χ0n) is 10.1. The molecule has 1 fully saturated rings. The van der Waals surface area contributed by atoms with Crippen LogP contribution in [0.4, 0.5) is 10.9 Å². The van der Waals surface area contributed by atoms with Gasteiger partial charge >= 0.3 is 0 Å². The lowest BCUT2D eigenvalue weighted by molar-refractivity contribution is 0.430. The Labute approximate surface area is 110 Å². The zero-order chi connectivity index (χ0) is 12.4. The van der Waals surface area contributed by atoms with Gasteiger partial charge in [0, 0.05) is 13.1 Å². The molecule has 0 radical (unpaired) electrons. The topological polar surface area (TPSA) is 68.2 Å². The van der Waals surface area contributed by atoms with E-state index in [0.29, 0.717) is 11.8 Å². The van der Waals surface area contributed by atoms with Gasteiger partial charge in [-0.05, 0) is 30.1 Å². The third-order valence-electron chi connectivity index (χ3n) is 3.14. The summed E-state index contributed by atoms with van der Waals surface area (Å²) in [5.41, 5.74) is 5.70. The Bertz CT molecular complexity index is 514. The van der Waals surface area contributed by atoms with Crippen LogP contribution >= 0.6 is 11.3 Å². The van der Waals surface area contributed by atoms with E-state index in [9.17, 15) is 0 Å². The number of nitrogens with zero attached hydrogens (tertiary/aromatic N) is 3. The number of hydrogen-bond donors (Lipinski definition) is 1. The Balaban J connectivity index is 1.80. The Morgan fingerprint density at radius 2 is 1.94 bits per heavy atom. The smallest absolute Gasteiger partial charge is 0.269 e. The number of nitrogen functional groups attached to an aromatic ring is 1. The second-order valence-corrected chi connectivity index (χ2v) is 5.62. The summed E-state index contributed by atoms with van der Waals surface area (Å²) in [7, 11) is 0. The van der Waals surface area contributed by atoms with E-state index in [-0.39, 0.29) is 0 Å². The average Bonchev–Trinajstić information content (AvgIpc) is 2.92. The Morgan fingerprint density at radius 3 is 2.61 bits per heavy atom.